The van der Waals surface area contributed by atoms with E-state index in [1.165, 1.54) is 24.3 Å². The molecule has 0 spiro atoms. The zero-order valence-corrected chi connectivity index (χ0v) is 10.1. The highest BCUT2D eigenvalue weighted by atomic mass is 19.1. The molecule has 0 aliphatic rings. The molecule has 2 N–H and O–H groups in total. The standard InChI is InChI=1S/C15H15F2N/c1-10(18)15(11-2-6-13(16)7-3-11)12-4-8-14(17)9-5-12/h2-10,15H,18H2,1H3. The van der Waals surface area contributed by atoms with Crippen LogP contribution in [0.2, 0.25) is 0 Å². The summed E-state index contributed by atoms with van der Waals surface area (Å²) in [7, 11) is 0. The highest BCUT2D eigenvalue weighted by Gasteiger charge is 2.18. The van der Waals surface area contributed by atoms with Crippen LogP contribution in [-0.4, -0.2) is 6.04 Å². The second kappa shape index (κ2) is 5.27. The molecule has 0 radical (unpaired) electrons. The molecule has 1 atom stereocenters. The van der Waals surface area contributed by atoms with Crippen molar-refractivity contribution < 1.29 is 8.78 Å². The first-order valence-electron chi connectivity index (χ1n) is 5.84. The summed E-state index contributed by atoms with van der Waals surface area (Å²) in [6.07, 6.45) is 0. The van der Waals surface area contributed by atoms with E-state index in [4.69, 9.17) is 5.73 Å². The fourth-order valence-electron chi connectivity index (χ4n) is 2.14. The molecule has 0 aliphatic carbocycles. The summed E-state index contributed by atoms with van der Waals surface area (Å²) in [5.74, 6) is -0.617. The Morgan fingerprint density at radius 2 is 1.11 bits per heavy atom. The van der Waals surface area contributed by atoms with E-state index < -0.39 is 0 Å². The number of nitrogens with two attached hydrogens (primary N) is 1. The molecule has 94 valence electrons. The van der Waals surface area contributed by atoms with Gasteiger partial charge in [-0.3, -0.25) is 0 Å². The van der Waals surface area contributed by atoms with Gasteiger partial charge in [0.25, 0.3) is 0 Å². The third kappa shape index (κ3) is 2.74. The van der Waals surface area contributed by atoms with Crippen LogP contribution in [0.1, 0.15) is 24.0 Å². The monoisotopic (exact) mass is 247 g/mol. The van der Waals surface area contributed by atoms with Gasteiger partial charge in [0.05, 0.1) is 0 Å². The summed E-state index contributed by atoms with van der Waals surface area (Å²) in [6, 6.07) is 12.4. The highest BCUT2D eigenvalue weighted by Crippen LogP contribution is 2.27. The fraction of sp³-hybridized carbons (Fsp3) is 0.200. The lowest BCUT2D eigenvalue weighted by molar-refractivity contribution is 0.613. The fourth-order valence-corrected chi connectivity index (χ4v) is 2.14. The van der Waals surface area contributed by atoms with Crippen molar-refractivity contribution in [2.75, 3.05) is 0 Å². The first-order valence-corrected chi connectivity index (χ1v) is 5.84. The van der Waals surface area contributed by atoms with E-state index in [0.29, 0.717) is 0 Å². The Hall–Kier alpha value is -1.74. The zero-order chi connectivity index (χ0) is 13.1. The summed E-state index contributed by atoms with van der Waals surface area (Å²) in [5, 5.41) is 0. The van der Waals surface area contributed by atoms with Crippen LogP contribution in [0.4, 0.5) is 8.78 Å². The van der Waals surface area contributed by atoms with Gasteiger partial charge < -0.3 is 5.73 Å². The van der Waals surface area contributed by atoms with Crippen molar-refractivity contribution in [1.82, 2.24) is 0 Å². The SMILES string of the molecule is CC(N)C(c1ccc(F)cc1)c1ccc(F)cc1. The molecule has 2 aromatic rings. The van der Waals surface area contributed by atoms with Gasteiger partial charge >= 0.3 is 0 Å². The van der Waals surface area contributed by atoms with E-state index in [1.54, 1.807) is 24.3 Å². The maximum atomic E-state index is 12.9. The Morgan fingerprint density at radius 3 is 1.39 bits per heavy atom. The first-order chi connectivity index (χ1) is 8.58. The number of benzene rings is 2. The van der Waals surface area contributed by atoms with Crippen molar-refractivity contribution in [2.45, 2.75) is 18.9 Å². The Morgan fingerprint density at radius 1 is 0.778 bits per heavy atom. The van der Waals surface area contributed by atoms with E-state index in [-0.39, 0.29) is 23.6 Å². The summed E-state index contributed by atoms with van der Waals surface area (Å²) in [4.78, 5) is 0. The Balaban J connectivity index is 2.39. The Kier molecular flexibility index (Phi) is 3.72. The highest BCUT2D eigenvalue weighted by molar-refractivity contribution is 5.34. The zero-order valence-electron chi connectivity index (χ0n) is 10.1. The predicted octanol–water partition coefficient (Wildman–Crippen LogP) is 3.44. The van der Waals surface area contributed by atoms with Crippen molar-refractivity contribution in [1.29, 1.82) is 0 Å². The Labute approximate surface area is 105 Å². The molecule has 18 heavy (non-hydrogen) atoms. The quantitative estimate of drug-likeness (QED) is 0.883. The molecule has 0 saturated heterocycles. The van der Waals surface area contributed by atoms with Crippen LogP contribution in [0.5, 0.6) is 0 Å². The van der Waals surface area contributed by atoms with Gasteiger partial charge in [-0.2, -0.15) is 0 Å². The number of hydrogen-bond acceptors (Lipinski definition) is 1. The van der Waals surface area contributed by atoms with Crippen molar-refractivity contribution in [2.24, 2.45) is 5.73 Å². The van der Waals surface area contributed by atoms with Gasteiger partial charge in [-0.1, -0.05) is 24.3 Å². The number of halogens is 2. The maximum absolute atomic E-state index is 12.9. The molecular weight excluding hydrogens is 232 g/mol. The average molecular weight is 247 g/mol. The van der Waals surface area contributed by atoms with Gasteiger partial charge in [0.2, 0.25) is 0 Å². The smallest absolute Gasteiger partial charge is 0.123 e. The van der Waals surface area contributed by atoms with Crippen LogP contribution in [-0.2, 0) is 0 Å². The number of rotatable bonds is 3. The molecule has 0 heterocycles. The molecule has 1 unspecified atom stereocenters. The lowest BCUT2D eigenvalue weighted by Gasteiger charge is -2.22. The molecule has 0 aromatic heterocycles. The summed E-state index contributed by atoms with van der Waals surface area (Å²) >= 11 is 0. The van der Waals surface area contributed by atoms with Crippen molar-refractivity contribution in [3.8, 4) is 0 Å². The molecule has 2 aromatic carbocycles. The lowest BCUT2D eigenvalue weighted by Crippen LogP contribution is -2.25. The van der Waals surface area contributed by atoms with E-state index in [0.717, 1.165) is 11.1 Å². The molecule has 0 amide bonds. The largest absolute Gasteiger partial charge is 0.327 e. The van der Waals surface area contributed by atoms with Crippen LogP contribution in [0.25, 0.3) is 0 Å². The average Bonchev–Trinajstić information content (AvgIpc) is 2.34. The molecule has 2 rings (SSSR count). The maximum Gasteiger partial charge on any atom is 0.123 e. The van der Waals surface area contributed by atoms with Gasteiger partial charge in [-0.15, -0.1) is 0 Å². The van der Waals surface area contributed by atoms with Gasteiger partial charge in [0, 0.05) is 12.0 Å². The summed E-state index contributed by atoms with van der Waals surface area (Å²) < 4.78 is 25.9. The Bertz CT molecular complexity index is 458. The molecular formula is C15H15F2N. The van der Waals surface area contributed by atoms with Gasteiger partial charge in [-0.25, -0.2) is 8.78 Å². The lowest BCUT2D eigenvalue weighted by atomic mass is 9.86. The summed E-state index contributed by atoms with van der Waals surface area (Å²) in [6.45, 7) is 1.89. The molecule has 3 heteroatoms. The van der Waals surface area contributed by atoms with E-state index in [9.17, 15) is 8.78 Å². The van der Waals surface area contributed by atoms with Gasteiger partial charge in [0.1, 0.15) is 11.6 Å². The van der Waals surface area contributed by atoms with E-state index in [2.05, 4.69) is 0 Å². The molecule has 0 saturated carbocycles. The topological polar surface area (TPSA) is 26.0 Å². The molecule has 1 nitrogen and oxygen atoms in total. The third-order valence-corrected chi connectivity index (χ3v) is 2.98. The second-order valence-corrected chi connectivity index (χ2v) is 4.44. The molecule has 0 bridgehead atoms. The van der Waals surface area contributed by atoms with Crippen molar-refractivity contribution in [3.05, 3.63) is 71.3 Å². The predicted molar refractivity (Wildman–Crippen MR) is 68.3 cm³/mol. The van der Waals surface area contributed by atoms with E-state index >= 15 is 0 Å². The van der Waals surface area contributed by atoms with Crippen molar-refractivity contribution in [3.63, 3.8) is 0 Å². The minimum atomic E-state index is -0.277. The van der Waals surface area contributed by atoms with Crippen LogP contribution in [0.15, 0.2) is 48.5 Å². The molecule has 0 aliphatic heterocycles. The minimum Gasteiger partial charge on any atom is -0.327 e. The number of hydrogen-bond donors (Lipinski definition) is 1. The van der Waals surface area contributed by atoms with Crippen LogP contribution in [0.3, 0.4) is 0 Å². The van der Waals surface area contributed by atoms with Gasteiger partial charge in [0.15, 0.2) is 0 Å². The van der Waals surface area contributed by atoms with Crippen LogP contribution < -0.4 is 5.73 Å². The van der Waals surface area contributed by atoms with Gasteiger partial charge in [-0.05, 0) is 42.3 Å². The second-order valence-electron chi connectivity index (χ2n) is 4.44. The summed E-state index contributed by atoms with van der Waals surface area (Å²) in [5.41, 5.74) is 7.85. The normalized spacial score (nSPS) is 12.7. The van der Waals surface area contributed by atoms with Crippen LogP contribution >= 0.6 is 0 Å². The van der Waals surface area contributed by atoms with Crippen molar-refractivity contribution >= 4 is 0 Å². The van der Waals surface area contributed by atoms with E-state index in [1.807, 2.05) is 6.92 Å². The molecule has 0 fully saturated rings. The van der Waals surface area contributed by atoms with Crippen LogP contribution in [0, 0.1) is 11.6 Å². The minimum absolute atomic E-state index is 0.0637. The first kappa shape index (κ1) is 12.7. The third-order valence-electron chi connectivity index (χ3n) is 2.98.